The molecule has 0 atom stereocenters. The topological polar surface area (TPSA) is 66.8 Å². The molecule has 92 valence electrons. The van der Waals surface area contributed by atoms with Crippen LogP contribution >= 0.6 is 0 Å². The van der Waals surface area contributed by atoms with Crippen molar-refractivity contribution in [3.63, 3.8) is 0 Å². The molecule has 0 bridgehead atoms. The van der Waals surface area contributed by atoms with E-state index in [2.05, 4.69) is 0 Å². The van der Waals surface area contributed by atoms with Gasteiger partial charge in [0.2, 0.25) is 5.91 Å². The average Bonchev–Trinajstić information content (AvgIpc) is 2.26. The van der Waals surface area contributed by atoms with Crippen LogP contribution in [0.3, 0.4) is 0 Å². The van der Waals surface area contributed by atoms with E-state index in [-0.39, 0.29) is 5.91 Å². The van der Waals surface area contributed by atoms with Crippen LogP contribution < -0.4 is 0 Å². The van der Waals surface area contributed by atoms with Gasteiger partial charge in [-0.05, 0) is 6.42 Å². The van der Waals surface area contributed by atoms with Crippen LogP contribution in [0.5, 0.6) is 0 Å². The van der Waals surface area contributed by atoms with Gasteiger partial charge in [0, 0.05) is 39.5 Å². The molecule has 0 aromatic rings. The van der Waals surface area contributed by atoms with Crippen molar-refractivity contribution in [1.29, 1.82) is 0 Å². The summed E-state index contributed by atoms with van der Waals surface area (Å²) < 4.78 is 5.47. The van der Waals surface area contributed by atoms with Gasteiger partial charge in [-0.25, -0.2) is 4.79 Å². The highest BCUT2D eigenvalue weighted by molar-refractivity contribution is 5.79. The molecule has 0 saturated carbocycles. The molecule has 0 radical (unpaired) electrons. The Kier molecular flexibility index (Phi) is 4.29. The van der Waals surface area contributed by atoms with E-state index in [4.69, 9.17) is 4.74 Å². The number of rotatable bonds is 4. The Morgan fingerprint density at radius 1 is 1.38 bits per heavy atom. The van der Waals surface area contributed by atoms with Crippen molar-refractivity contribution >= 4 is 11.9 Å². The third-order valence-electron chi connectivity index (χ3n) is 2.99. The van der Waals surface area contributed by atoms with E-state index in [0.29, 0.717) is 32.5 Å². The second kappa shape index (κ2) is 5.30. The Morgan fingerprint density at radius 3 is 2.31 bits per heavy atom. The van der Waals surface area contributed by atoms with E-state index in [1.54, 1.807) is 4.90 Å². The molecule has 5 heteroatoms. The number of carbonyl (C=O) groups is 2. The first-order chi connectivity index (χ1) is 7.52. The van der Waals surface area contributed by atoms with Crippen molar-refractivity contribution in [2.24, 2.45) is 0 Å². The molecule has 1 N–H and O–H groups in total. The molecule has 1 saturated heterocycles. The standard InChI is InChI=1S/C11H19NO4/c1-3-8-16-11(10(14)15)4-6-12(7-5-11)9(2)13/h3-8H2,1-2H3,(H,14,15). The Bertz CT molecular complexity index is 269. The van der Waals surface area contributed by atoms with Crippen molar-refractivity contribution in [2.45, 2.75) is 38.7 Å². The number of carboxylic acids is 1. The zero-order valence-corrected chi connectivity index (χ0v) is 9.86. The smallest absolute Gasteiger partial charge is 0.336 e. The summed E-state index contributed by atoms with van der Waals surface area (Å²) in [7, 11) is 0. The van der Waals surface area contributed by atoms with E-state index in [9.17, 15) is 14.7 Å². The number of piperidine rings is 1. The number of hydrogen-bond donors (Lipinski definition) is 1. The summed E-state index contributed by atoms with van der Waals surface area (Å²) in [4.78, 5) is 24.0. The number of nitrogens with zero attached hydrogens (tertiary/aromatic N) is 1. The Labute approximate surface area is 95.4 Å². The average molecular weight is 229 g/mol. The molecule has 0 unspecified atom stereocenters. The first kappa shape index (κ1) is 13.0. The number of amides is 1. The fourth-order valence-electron chi connectivity index (χ4n) is 1.90. The van der Waals surface area contributed by atoms with Crippen LogP contribution in [-0.4, -0.2) is 47.2 Å². The predicted octanol–water partition coefficient (Wildman–Crippen LogP) is 0.879. The minimum atomic E-state index is -1.08. The van der Waals surface area contributed by atoms with Crippen molar-refractivity contribution in [3.8, 4) is 0 Å². The summed E-state index contributed by atoms with van der Waals surface area (Å²) in [6, 6.07) is 0. The molecule has 0 spiro atoms. The number of likely N-dealkylation sites (tertiary alicyclic amines) is 1. The zero-order valence-electron chi connectivity index (χ0n) is 9.86. The Morgan fingerprint density at radius 2 is 1.94 bits per heavy atom. The maximum absolute atomic E-state index is 11.2. The zero-order chi connectivity index (χ0) is 12.2. The number of ether oxygens (including phenoxy) is 1. The van der Waals surface area contributed by atoms with Gasteiger partial charge < -0.3 is 14.7 Å². The van der Waals surface area contributed by atoms with Gasteiger partial charge >= 0.3 is 5.97 Å². The van der Waals surface area contributed by atoms with Crippen LogP contribution in [0.2, 0.25) is 0 Å². The lowest BCUT2D eigenvalue weighted by atomic mass is 9.91. The summed E-state index contributed by atoms with van der Waals surface area (Å²) >= 11 is 0. The van der Waals surface area contributed by atoms with Crippen molar-refractivity contribution in [2.75, 3.05) is 19.7 Å². The van der Waals surface area contributed by atoms with Crippen LogP contribution in [0, 0.1) is 0 Å². The second-order valence-electron chi connectivity index (χ2n) is 4.15. The predicted molar refractivity (Wildman–Crippen MR) is 58.1 cm³/mol. The van der Waals surface area contributed by atoms with E-state index in [1.807, 2.05) is 6.92 Å². The summed E-state index contributed by atoms with van der Waals surface area (Å²) in [6.45, 7) is 4.82. The largest absolute Gasteiger partial charge is 0.479 e. The van der Waals surface area contributed by atoms with Crippen LogP contribution in [0.15, 0.2) is 0 Å². The highest BCUT2D eigenvalue weighted by atomic mass is 16.5. The lowest BCUT2D eigenvalue weighted by Gasteiger charge is -2.38. The van der Waals surface area contributed by atoms with E-state index >= 15 is 0 Å². The quantitative estimate of drug-likeness (QED) is 0.777. The third kappa shape index (κ3) is 2.72. The maximum Gasteiger partial charge on any atom is 0.336 e. The summed E-state index contributed by atoms with van der Waals surface area (Å²) in [5.41, 5.74) is -1.08. The van der Waals surface area contributed by atoms with Gasteiger partial charge in [-0.2, -0.15) is 0 Å². The van der Waals surface area contributed by atoms with Crippen LogP contribution in [0.25, 0.3) is 0 Å². The lowest BCUT2D eigenvalue weighted by Crippen LogP contribution is -2.52. The molecule has 1 amide bonds. The molecule has 0 aromatic heterocycles. The van der Waals surface area contributed by atoms with E-state index < -0.39 is 11.6 Å². The first-order valence-electron chi connectivity index (χ1n) is 5.64. The lowest BCUT2D eigenvalue weighted by molar-refractivity contribution is -0.174. The van der Waals surface area contributed by atoms with Crippen molar-refractivity contribution < 1.29 is 19.4 Å². The number of carbonyl (C=O) groups excluding carboxylic acids is 1. The fourth-order valence-corrected chi connectivity index (χ4v) is 1.90. The molecule has 1 fully saturated rings. The number of aliphatic carboxylic acids is 1. The molecule has 16 heavy (non-hydrogen) atoms. The number of carboxylic acid groups (broad SMARTS) is 1. The molecule has 1 aliphatic rings. The maximum atomic E-state index is 11.2. The van der Waals surface area contributed by atoms with Gasteiger partial charge in [0.15, 0.2) is 5.60 Å². The van der Waals surface area contributed by atoms with Crippen molar-refractivity contribution in [1.82, 2.24) is 4.90 Å². The summed E-state index contributed by atoms with van der Waals surface area (Å²) in [5, 5.41) is 9.21. The van der Waals surface area contributed by atoms with Gasteiger partial charge in [-0.3, -0.25) is 4.79 Å². The van der Waals surface area contributed by atoms with Crippen LogP contribution in [0.4, 0.5) is 0 Å². The molecule has 0 aromatic carbocycles. The van der Waals surface area contributed by atoms with Gasteiger partial charge in [0.1, 0.15) is 0 Å². The summed E-state index contributed by atoms with van der Waals surface area (Å²) in [5.74, 6) is -0.918. The van der Waals surface area contributed by atoms with Gasteiger partial charge in [-0.1, -0.05) is 6.92 Å². The monoisotopic (exact) mass is 229 g/mol. The molecule has 5 nitrogen and oxygen atoms in total. The van der Waals surface area contributed by atoms with Gasteiger partial charge in [0.25, 0.3) is 0 Å². The number of hydrogen-bond acceptors (Lipinski definition) is 3. The minimum Gasteiger partial charge on any atom is -0.479 e. The highest BCUT2D eigenvalue weighted by Gasteiger charge is 2.42. The van der Waals surface area contributed by atoms with Crippen molar-refractivity contribution in [3.05, 3.63) is 0 Å². The second-order valence-corrected chi connectivity index (χ2v) is 4.15. The third-order valence-corrected chi connectivity index (χ3v) is 2.99. The fraction of sp³-hybridized carbons (Fsp3) is 0.818. The van der Waals surface area contributed by atoms with E-state index in [0.717, 1.165) is 6.42 Å². The Balaban J connectivity index is 2.62. The SMILES string of the molecule is CCCOC1(C(=O)O)CCN(C(C)=O)CC1. The first-order valence-corrected chi connectivity index (χ1v) is 5.64. The molecule has 1 rings (SSSR count). The minimum absolute atomic E-state index is 0.00511. The molecular formula is C11H19NO4. The van der Waals surface area contributed by atoms with Gasteiger partial charge in [-0.15, -0.1) is 0 Å². The summed E-state index contributed by atoms with van der Waals surface area (Å²) in [6.07, 6.45) is 1.55. The highest BCUT2D eigenvalue weighted by Crippen LogP contribution is 2.27. The van der Waals surface area contributed by atoms with Crippen LogP contribution in [0.1, 0.15) is 33.1 Å². The molecule has 1 aliphatic heterocycles. The molecular weight excluding hydrogens is 210 g/mol. The van der Waals surface area contributed by atoms with Gasteiger partial charge in [0.05, 0.1) is 0 Å². The molecule has 1 heterocycles. The Hall–Kier alpha value is -1.10. The molecule has 0 aliphatic carbocycles. The normalized spacial score (nSPS) is 19.5. The van der Waals surface area contributed by atoms with Crippen LogP contribution in [-0.2, 0) is 14.3 Å². The van der Waals surface area contributed by atoms with E-state index in [1.165, 1.54) is 6.92 Å².